The van der Waals surface area contributed by atoms with Gasteiger partial charge in [0.15, 0.2) is 0 Å². The second kappa shape index (κ2) is 13.1. The molecule has 0 aliphatic carbocycles. The van der Waals surface area contributed by atoms with E-state index in [1.54, 1.807) is 24.3 Å². The van der Waals surface area contributed by atoms with Gasteiger partial charge in [0.2, 0.25) is 21.8 Å². The number of nitrogens with one attached hydrogen (secondary N) is 1. The number of unbranched alkanes of at least 4 members (excludes halogenated alkanes) is 1. The summed E-state index contributed by atoms with van der Waals surface area (Å²) in [4.78, 5) is 28.1. The summed E-state index contributed by atoms with van der Waals surface area (Å²) in [5.74, 6) is -0.119. The normalized spacial score (nSPS) is 12.0. The van der Waals surface area contributed by atoms with Gasteiger partial charge >= 0.3 is 0 Å². The molecule has 2 aromatic rings. The zero-order valence-electron chi connectivity index (χ0n) is 21.3. The fourth-order valence-electron chi connectivity index (χ4n) is 3.80. The monoisotopic (exact) mass is 503 g/mol. The second-order valence-electron chi connectivity index (χ2n) is 8.55. The van der Waals surface area contributed by atoms with Crippen LogP contribution in [-0.2, 0) is 26.2 Å². The molecule has 9 heteroatoms. The van der Waals surface area contributed by atoms with E-state index in [0.717, 1.165) is 34.5 Å². The maximum Gasteiger partial charge on any atom is 0.244 e. The number of carbonyl (C=O) groups is 2. The summed E-state index contributed by atoms with van der Waals surface area (Å²) >= 11 is 0. The highest BCUT2D eigenvalue weighted by Gasteiger charge is 2.31. The van der Waals surface area contributed by atoms with E-state index in [1.165, 1.54) is 12.0 Å². The molecule has 0 saturated carbocycles. The molecule has 0 heterocycles. The highest BCUT2D eigenvalue weighted by molar-refractivity contribution is 7.92. The van der Waals surface area contributed by atoms with Crippen molar-refractivity contribution < 1.29 is 22.7 Å². The van der Waals surface area contributed by atoms with E-state index < -0.39 is 28.5 Å². The van der Waals surface area contributed by atoms with Gasteiger partial charge in [0.1, 0.15) is 18.3 Å². The summed E-state index contributed by atoms with van der Waals surface area (Å²) in [7, 11) is -2.25. The summed E-state index contributed by atoms with van der Waals surface area (Å²) in [6.45, 7) is 6.14. The third-order valence-electron chi connectivity index (χ3n) is 5.69. The zero-order chi connectivity index (χ0) is 26.0. The van der Waals surface area contributed by atoms with E-state index >= 15 is 0 Å². The number of sulfonamides is 1. The molecule has 0 aliphatic rings. The minimum absolute atomic E-state index is 0.195. The molecule has 0 aromatic heterocycles. The van der Waals surface area contributed by atoms with Crippen LogP contribution in [0.1, 0.15) is 44.2 Å². The Bertz CT molecular complexity index is 1090. The van der Waals surface area contributed by atoms with Crippen LogP contribution in [0.4, 0.5) is 5.69 Å². The number of ether oxygens (including phenoxy) is 1. The molecule has 0 spiro atoms. The molecule has 192 valence electrons. The molecule has 0 radical (unpaired) electrons. The van der Waals surface area contributed by atoms with E-state index in [1.807, 2.05) is 45.0 Å². The van der Waals surface area contributed by atoms with Crippen molar-refractivity contribution in [2.45, 2.75) is 52.6 Å². The first-order chi connectivity index (χ1) is 16.6. The lowest BCUT2D eigenvalue weighted by Crippen LogP contribution is -2.52. The number of nitrogens with zero attached hydrogens (tertiary/aromatic N) is 2. The van der Waals surface area contributed by atoms with Crippen molar-refractivity contribution in [2.75, 3.05) is 30.8 Å². The fourth-order valence-corrected chi connectivity index (χ4v) is 4.64. The number of aryl methyl sites for hydroxylation is 1. The van der Waals surface area contributed by atoms with Crippen molar-refractivity contribution in [1.82, 2.24) is 10.2 Å². The van der Waals surface area contributed by atoms with Gasteiger partial charge in [-0.2, -0.15) is 0 Å². The standard InChI is InChI=1S/C26H37N3O5S/c1-6-8-16-27-26(31)24(7-2)28(18-21-11-9-10-20(3)17-21)25(30)19-29(35(5,32)33)22-12-14-23(34-4)15-13-22/h9-15,17,24H,6-8,16,18-19H2,1-5H3,(H,27,31)/t24-/m0/s1. The zero-order valence-corrected chi connectivity index (χ0v) is 22.1. The Labute approximate surface area is 209 Å². The third-order valence-corrected chi connectivity index (χ3v) is 6.83. The number of hydrogen-bond acceptors (Lipinski definition) is 5. The van der Waals surface area contributed by atoms with Gasteiger partial charge in [0.05, 0.1) is 19.1 Å². The minimum atomic E-state index is -3.77. The van der Waals surface area contributed by atoms with Crippen molar-refractivity contribution in [3.63, 3.8) is 0 Å². The third kappa shape index (κ3) is 8.28. The number of carbonyl (C=O) groups excluding carboxylic acids is 2. The van der Waals surface area contributed by atoms with E-state index in [0.29, 0.717) is 24.4 Å². The lowest BCUT2D eigenvalue weighted by atomic mass is 10.1. The highest BCUT2D eigenvalue weighted by atomic mass is 32.2. The smallest absolute Gasteiger partial charge is 0.244 e. The van der Waals surface area contributed by atoms with E-state index in [9.17, 15) is 18.0 Å². The predicted molar refractivity (Wildman–Crippen MR) is 139 cm³/mol. The van der Waals surface area contributed by atoms with Crippen LogP contribution in [0.5, 0.6) is 5.75 Å². The van der Waals surface area contributed by atoms with Gasteiger partial charge in [0.25, 0.3) is 0 Å². The molecule has 0 bridgehead atoms. The van der Waals surface area contributed by atoms with Gasteiger partial charge in [-0.15, -0.1) is 0 Å². The van der Waals surface area contributed by atoms with E-state index in [-0.39, 0.29) is 12.5 Å². The highest BCUT2D eigenvalue weighted by Crippen LogP contribution is 2.22. The van der Waals surface area contributed by atoms with Crippen LogP contribution in [0.3, 0.4) is 0 Å². The first kappa shape index (κ1) is 28.2. The average Bonchev–Trinajstić information content (AvgIpc) is 2.82. The van der Waals surface area contributed by atoms with E-state index in [2.05, 4.69) is 5.32 Å². The number of amides is 2. The molecular weight excluding hydrogens is 466 g/mol. The van der Waals surface area contributed by atoms with E-state index in [4.69, 9.17) is 4.74 Å². The van der Waals surface area contributed by atoms with Crippen LogP contribution >= 0.6 is 0 Å². The van der Waals surface area contributed by atoms with Crippen LogP contribution in [-0.4, -0.2) is 57.6 Å². The van der Waals surface area contributed by atoms with Gasteiger partial charge in [0, 0.05) is 13.1 Å². The van der Waals surface area contributed by atoms with Crippen LogP contribution in [0, 0.1) is 6.92 Å². The van der Waals surface area contributed by atoms with Crippen molar-refractivity contribution in [1.29, 1.82) is 0 Å². The minimum Gasteiger partial charge on any atom is -0.497 e. The molecule has 0 fully saturated rings. The average molecular weight is 504 g/mol. The number of methoxy groups -OCH3 is 1. The van der Waals surface area contributed by atoms with Crippen LogP contribution in [0.2, 0.25) is 0 Å². The first-order valence-electron chi connectivity index (χ1n) is 11.8. The molecule has 2 amide bonds. The molecule has 8 nitrogen and oxygen atoms in total. The van der Waals surface area contributed by atoms with Gasteiger partial charge in [-0.25, -0.2) is 8.42 Å². The summed E-state index contributed by atoms with van der Waals surface area (Å²) in [5.41, 5.74) is 2.25. The summed E-state index contributed by atoms with van der Waals surface area (Å²) in [5, 5.41) is 2.92. The molecule has 2 aromatic carbocycles. The SMILES string of the molecule is CCCCNC(=O)[C@H](CC)N(Cc1cccc(C)c1)C(=O)CN(c1ccc(OC)cc1)S(C)(=O)=O. The Morgan fingerprint density at radius 3 is 2.31 bits per heavy atom. The second-order valence-corrected chi connectivity index (χ2v) is 10.5. The Kier molecular flexibility index (Phi) is 10.6. The molecule has 1 atom stereocenters. The van der Waals surface area contributed by atoms with Crippen LogP contribution < -0.4 is 14.4 Å². The molecule has 0 aliphatic heterocycles. The van der Waals surface area contributed by atoms with Gasteiger partial charge in [-0.1, -0.05) is 50.1 Å². The maximum atomic E-state index is 13.6. The molecule has 1 N–H and O–H groups in total. The van der Waals surface area contributed by atoms with Crippen LogP contribution in [0.15, 0.2) is 48.5 Å². The quantitative estimate of drug-likeness (QED) is 0.422. The Balaban J connectivity index is 2.39. The summed E-state index contributed by atoms with van der Waals surface area (Å²) < 4.78 is 31.5. The molecule has 2 rings (SSSR count). The largest absolute Gasteiger partial charge is 0.497 e. The van der Waals surface area contributed by atoms with Gasteiger partial charge in [-0.3, -0.25) is 13.9 Å². The number of benzene rings is 2. The Hall–Kier alpha value is -3.07. The number of rotatable bonds is 13. The molecule has 0 saturated heterocycles. The predicted octanol–water partition coefficient (Wildman–Crippen LogP) is 3.49. The van der Waals surface area contributed by atoms with Gasteiger partial charge in [-0.05, 0) is 49.6 Å². The van der Waals surface area contributed by atoms with Crippen molar-refractivity contribution in [3.8, 4) is 5.75 Å². The fraction of sp³-hybridized carbons (Fsp3) is 0.462. The topological polar surface area (TPSA) is 96.0 Å². The van der Waals surface area contributed by atoms with Crippen molar-refractivity contribution >= 4 is 27.5 Å². The number of hydrogen-bond donors (Lipinski definition) is 1. The molecular formula is C26H37N3O5S. The van der Waals surface area contributed by atoms with Crippen LogP contribution in [0.25, 0.3) is 0 Å². The van der Waals surface area contributed by atoms with Crippen molar-refractivity contribution in [3.05, 3.63) is 59.7 Å². The Morgan fingerprint density at radius 2 is 1.77 bits per heavy atom. The van der Waals surface area contributed by atoms with Crippen molar-refractivity contribution in [2.24, 2.45) is 0 Å². The number of anilines is 1. The molecule has 0 unspecified atom stereocenters. The lowest BCUT2D eigenvalue weighted by Gasteiger charge is -2.33. The summed E-state index contributed by atoms with van der Waals surface area (Å²) in [6.07, 6.45) is 3.24. The maximum absolute atomic E-state index is 13.6. The molecule has 35 heavy (non-hydrogen) atoms. The van der Waals surface area contributed by atoms with Gasteiger partial charge < -0.3 is 15.0 Å². The first-order valence-corrected chi connectivity index (χ1v) is 13.7. The summed E-state index contributed by atoms with van der Waals surface area (Å²) in [6, 6.07) is 13.4. The Morgan fingerprint density at radius 1 is 1.09 bits per heavy atom. The lowest BCUT2D eigenvalue weighted by molar-refractivity contribution is -0.140.